The van der Waals surface area contributed by atoms with Crippen LogP contribution in [0.3, 0.4) is 0 Å². The van der Waals surface area contributed by atoms with Gasteiger partial charge in [-0.1, -0.05) is 23.4 Å². The molecule has 9 heteroatoms. The highest BCUT2D eigenvalue weighted by Gasteiger charge is 2.56. The minimum Gasteiger partial charge on any atom is -0.495 e. The molecule has 0 saturated carbocycles. The summed E-state index contributed by atoms with van der Waals surface area (Å²) >= 11 is 0. The molecule has 2 aliphatic rings. The molecular weight excluding hydrogens is 463 g/mol. The molecule has 0 N–H and O–H groups in total. The van der Waals surface area contributed by atoms with Crippen molar-refractivity contribution in [3.63, 3.8) is 0 Å². The maximum absolute atomic E-state index is 13.6. The largest absolute Gasteiger partial charge is 0.495 e. The summed E-state index contributed by atoms with van der Waals surface area (Å²) in [5.74, 6) is 0.115. The van der Waals surface area contributed by atoms with E-state index in [0.717, 1.165) is 22.5 Å². The number of esters is 1. The number of amidine groups is 1. The summed E-state index contributed by atoms with van der Waals surface area (Å²) in [7, 11) is 1.62. The van der Waals surface area contributed by atoms with Crippen LogP contribution < -0.4 is 4.74 Å². The maximum Gasteiger partial charge on any atom is 0.380 e. The minimum absolute atomic E-state index is 0.162. The van der Waals surface area contributed by atoms with Gasteiger partial charge in [-0.15, -0.1) is 0 Å². The number of imidazole rings is 1. The number of carbonyl (C=O) groups is 1. The SMILES string of the molecule is CCOC(=O)[C@]1(c2ccc(F)cc2)ON=C2C(=Cc3ccc(-n4cnc(C)c4)c(OC)c3)C=CCN21. The Hall–Kier alpha value is -4.40. The predicted molar refractivity (Wildman–Crippen MR) is 132 cm³/mol. The number of hydrogen-bond acceptors (Lipinski definition) is 7. The summed E-state index contributed by atoms with van der Waals surface area (Å²) in [5, 5.41) is 4.29. The van der Waals surface area contributed by atoms with Gasteiger partial charge in [0.2, 0.25) is 0 Å². The molecule has 5 rings (SSSR count). The van der Waals surface area contributed by atoms with Crippen LogP contribution in [0.5, 0.6) is 5.75 Å². The van der Waals surface area contributed by atoms with E-state index < -0.39 is 17.5 Å². The van der Waals surface area contributed by atoms with Gasteiger partial charge in [-0.2, -0.15) is 0 Å². The fraction of sp³-hybridized carbons (Fsp3) is 0.222. The Morgan fingerprint density at radius 2 is 2.06 bits per heavy atom. The van der Waals surface area contributed by atoms with Crippen molar-refractivity contribution >= 4 is 17.9 Å². The van der Waals surface area contributed by atoms with Gasteiger partial charge in [0.1, 0.15) is 11.6 Å². The van der Waals surface area contributed by atoms with Gasteiger partial charge in [-0.3, -0.25) is 4.90 Å². The lowest BCUT2D eigenvalue weighted by atomic mass is 9.97. The molecule has 36 heavy (non-hydrogen) atoms. The van der Waals surface area contributed by atoms with Crippen molar-refractivity contribution in [1.29, 1.82) is 0 Å². The van der Waals surface area contributed by atoms with Crippen LogP contribution in [0.4, 0.5) is 4.39 Å². The zero-order valence-electron chi connectivity index (χ0n) is 20.1. The van der Waals surface area contributed by atoms with Gasteiger partial charge in [0, 0.05) is 23.9 Å². The average Bonchev–Trinajstić information content (AvgIpc) is 3.50. The maximum atomic E-state index is 13.6. The Morgan fingerprint density at radius 3 is 2.75 bits per heavy atom. The number of ether oxygens (including phenoxy) is 2. The van der Waals surface area contributed by atoms with E-state index in [4.69, 9.17) is 14.3 Å². The molecule has 1 atom stereocenters. The first-order chi connectivity index (χ1) is 17.5. The second-order valence-corrected chi connectivity index (χ2v) is 8.34. The Bertz CT molecular complexity index is 1390. The lowest BCUT2D eigenvalue weighted by molar-refractivity contribution is -0.188. The lowest BCUT2D eigenvalue weighted by Crippen LogP contribution is -2.53. The normalized spacial score (nSPS) is 19.6. The summed E-state index contributed by atoms with van der Waals surface area (Å²) in [6.45, 7) is 4.16. The molecule has 184 valence electrons. The zero-order chi connectivity index (χ0) is 25.3. The van der Waals surface area contributed by atoms with Crippen LogP contribution in [0.15, 0.2) is 77.9 Å². The van der Waals surface area contributed by atoms with Crippen molar-refractivity contribution in [3.8, 4) is 11.4 Å². The predicted octanol–water partition coefficient (Wildman–Crippen LogP) is 4.34. The number of benzene rings is 2. The standard InChI is InChI=1S/C27H25FN4O4/c1-4-35-26(33)27(21-8-10-22(28)11-9-21)32-13-5-6-20(25(32)30-36-27)14-19-7-12-23(24(15-19)34-3)31-16-18(2)29-17-31/h5-12,14-17H,4,13H2,1-3H3/t27-/m0/s1. The van der Waals surface area contributed by atoms with Crippen molar-refractivity contribution in [2.75, 3.05) is 20.3 Å². The summed E-state index contributed by atoms with van der Waals surface area (Å²) in [5.41, 5.74) is 2.15. The number of nitrogens with zero attached hydrogens (tertiary/aromatic N) is 4. The first-order valence-electron chi connectivity index (χ1n) is 11.5. The van der Waals surface area contributed by atoms with Crippen molar-refractivity contribution in [1.82, 2.24) is 14.5 Å². The molecule has 0 unspecified atom stereocenters. The van der Waals surface area contributed by atoms with Crippen molar-refractivity contribution in [3.05, 3.63) is 95.4 Å². The van der Waals surface area contributed by atoms with E-state index in [1.807, 2.05) is 54.1 Å². The smallest absolute Gasteiger partial charge is 0.380 e. The molecule has 0 bridgehead atoms. The molecule has 0 fully saturated rings. The van der Waals surface area contributed by atoms with Crippen LogP contribution >= 0.6 is 0 Å². The van der Waals surface area contributed by atoms with E-state index >= 15 is 0 Å². The highest BCUT2D eigenvalue weighted by atomic mass is 19.1. The monoisotopic (exact) mass is 488 g/mol. The third-order valence-electron chi connectivity index (χ3n) is 6.05. The number of rotatable bonds is 6. The number of carbonyl (C=O) groups excluding carboxylic acids is 1. The summed E-state index contributed by atoms with van der Waals surface area (Å²) < 4.78 is 26.5. The molecule has 1 aromatic heterocycles. The van der Waals surface area contributed by atoms with Gasteiger partial charge in [-0.25, -0.2) is 14.2 Å². The Kier molecular flexibility index (Phi) is 6.05. The van der Waals surface area contributed by atoms with Crippen LogP contribution in [0.1, 0.15) is 23.7 Å². The van der Waals surface area contributed by atoms with Gasteiger partial charge in [0.05, 0.1) is 31.4 Å². The first-order valence-corrected chi connectivity index (χ1v) is 11.5. The molecule has 8 nitrogen and oxygen atoms in total. The van der Waals surface area contributed by atoms with E-state index in [0.29, 0.717) is 23.7 Å². The molecule has 2 aromatic carbocycles. The van der Waals surface area contributed by atoms with Crippen LogP contribution in [0.2, 0.25) is 0 Å². The molecule has 0 amide bonds. The summed E-state index contributed by atoms with van der Waals surface area (Å²) in [6, 6.07) is 11.4. The van der Waals surface area contributed by atoms with Gasteiger partial charge in [-0.05, 0) is 61.9 Å². The second-order valence-electron chi connectivity index (χ2n) is 8.34. The molecule has 2 aliphatic heterocycles. The number of aryl methyl sites for hydroxylation is 1. The number of methoxy groups -OCH3 is 1. The molecule has 3 aromatic rings. The summed E-state index contributed by atoms with van der Waals surface area (Å²) in [4.78, 5) is 25.0. The van der Waals surface area contributed by atoms with Crippen molar-refractivity contribution in [2.45, 2.75) is 19.6 Å². The van der Waals surface area contributed by atoms with Crippen LogP contribution in [0.25, 0.3) is 11.8 Å². The first kappa shape index (κ1) is 23.3. The van der Waals surface area contributed by atoms with Gasteiger partial charge < -0.3 is 18.9 Å². The van der Waals surface area contributed by atoms with Gasteiger partial charge in [0.25, 0.3) is 0 Å². The van der Waals surface area contributed by atoms with Crippen LogP contribution in [-0.4, -0.2) is 46.5 Å². The minimum atomic E-state index is -1.65. The number of fused-ring (bicyclic) bond motifs is 1. The second kappa shape index (κ2) is 9.33. The van der Waals surface area contributed by atoms with E-state index in [1.165, 1.54) is 24.3 Å². The molecule has 0 saturated heterocycles. The molecule has 0 spiro atoms. The van der Waals surface area contributed by atoms with Gasteiger partial charge >= 0.3 is 11.7 Å². The fourth-order valence-corrected chi connectivity index (χ4v) is 4.36. The topological polar surface area (TPSA) is 78.2 Å². The van der Waals surface area contributed by atoms with Crippen molar-refractivity contribution < 1.29 is 23.5 Å². The number of halogens is 1. The van der Waals surface area contributed by atoms with E-state index in [-0.39, 0.29) is 6.61 Å². The third kappa shape index (κ3) is 3.92. The quantitative estimate of drug-likeness (QED) is 0.481. The van der Waals surface area contributed by atoms with Crippen LogP contribution in [0, 0.1) is 12.7 Å². The summed E-state index contributed by atoms with van der Waals surface area (Å²) in [6.07, 6.45) is 9.43. The third-order valence-corrected chi connectivity index (χ3v) is 6.05. The zero-order valence-corrected chi connectivity index (χ0v) is 20.1. The number of oxime groups is 1. The Balaban J connectivity index is 1.52. The molecular formula is C27H25FN4O4. The average molecular weight is 489 g/mol. The fourth-order valence-electron chi connectivity index (χ4n) is 4.36. The highest BCUT2D eigenvalue weighted by molar-refractivity contribution is 6.08. The molecule has 0 radical (unpaired) electrons. The number of aromatic nitrogens is 2. The van der Waals surface area contributed by atoms with E-state index in [9.17, 15) is 9.18 Å². The van der Waals surface area contributed by atoms with Crippen molar-refractivity contribution in [2.24, 2.45) is 5.16 Å². The van der Waals surface area contributed by atoms with E-state index in [2.05, 4.69) is 10.1 Å². The Morgan fingerprint density at radius 1 is 1.25 bits per heavy atom. The lowest BCUT2D eigenvalue weighted by Gasteiger charge is -2.36. The highest BCUT2D eigenvalue weighted by Crippen LogP contribution is 2.40. The molecule has 3 heterocycles. The number of hydrogen-bond donors (Lipinski definition) is 0. The van der Waals surface area contributed by atoms with E-state index in [1.54, 1.807) is 25.3 Å². The van der Waals surface area contributed by atoms with Gasteiger partial charge in [0.15, 0.2) is 5.84 Å². The van der Waals surface area contributed by atoms with Crippen LogP contribution in [-0.2, 0) is 20.1 Å². The Labute approximate surface area is 207 Å². The molecule has 0 aliphatic carbocycles.